The van der Waals surface area contributed by atoms with E-state index in [-0.39, 0.29) is 1.43 Å². The number of rotatable bonds is 3. The third kappa shape index (κ3) is 3.43. The number of H-pyrrole nitrogens is 1. The highest BCUT2D eigenvalue weighted by Crippen LogP contribution is 2.17. The molecule has 0 unspecified atom stereocenters. The molecule has 0 saturated heterocycles. The zero-order chi connectivity index (χ0) is 12.8. The number of hydrogen-bond donors (Lipinski definition) is 1. The highest BCUT2D eigenvalue weighted by atomic mass is 16.1. The van der Waals surface area contributed by atoms with E-state index in [0.29, 0.717) is 5.69 Å². The summed E-state index contributed by atoms with van der Waals surface area (Å²) in [6, 6.07) is 8.08. The monoisotopic (exact) mass is 234 g/mol. The van der Waals surface area contributed by atoms with Crippen molar-refractivity contribution in [3.05, 3.63) is 35.5 Å². The molecule has 2 aromatic rings. The molecule has 1 aromatic carbocycles. The van der Waals surface area contributed by atoms with Gasteiger partial charge in [0.05, 0.1) is 5.69 Å². The first-order valence-corrected chi connectivity index (χ1v) is 5.90. The zero-order valence-corrected chi connectivity index (χ0v) is 10.9. The lowest BCUT2D eigenvalue weighted by Crippen LogP contribution is -2.10. The quantitative estimate of drug-likeness (QED) is 0.827. The molecule has 3 nitrogen and oxygen atoms in total. The minimum Gasteiger partial charge on any atom is -0.352 e. The van der Waals surface area contributed by atoms with Crippen LogP contribution in [0, 0.1) is 0 Å². The fourth-order valence-corrected chi connectivity index (χ4v) is 1.73. The second-order valence-electron chi connectivity index (χ2n) is 4.00. The molecule has 0 atom stereocenters. The summed E-state index contributed by atoms with van der Waals surface area (Å²) in [6.45, 7) is 4.91. The van der Waals surface area contributed by atoms with Gasteiger partial charge in [-0.1, -0.05) is 19.9 Å². The maximum absolute atomic E-state index is 10.6. The molecule has 0 aliphatic carbocycles. The number of aromatic nitrogens is 1. The van der Waals surface area contributed by atoms with Gasteiger partial charge in [0.2, 0.25) is 0 Å². The van der Waals surface area contributed by atoms with Crippen molar-refractivity contribution in [2.24, 2.45) is 0 Å². The Bertz CT molecular complexity index is 491. The second kappa shape index (κ2) is 6.21. The minimum atomic E-state index is 0. The molecule has 94 valence electrons. The van der Waals surface area contributed by atoms with Crippen molar-refractivity contribution < 1.29 is 6.22 Å². The fourth-order valence-electron chi connectivity index (χ4n) is 1.73. The largest absolute Gasteiger partial charge is 0.352 e. The highest BCUT2D eigenvalue weighted by molar-refractivity contribution is 5.88. The standard InChI is InChI=1S/C12H14N2O.C2H6.H2/c1-14(2)7-9-3-4-12-10(5-9)6-11(8-15)13-12;1-2;/h3-6,8,13H,7H2,1-2H3;1-2H3;1H. The van der Waals surface area contributed by atoms with Gasteiger partial charge in [-0.3, -0.25) is 4.79 Å². The first-order valence-electron chi connectivity index (χ1n) is 5.90. The van der Waals surface area contributed by atoms with E-state index in [4.69, 9.17) is 0 Å². The molecule has 2 rings (SSSR count). The van der Waals surface area contributed by atoms with Crippen LogP contribution in [-0.2, 0) is 6.54 Å². The van der Waals surface area contributed by atoms with Crippen LogP contribution in [0.3, 0.4) is 0 Å². The lowest BCUT2D eigenvalue weighted by atomic mass is 10.1. The molecule has 0 aliphatic heterocycles. The van der Waals surface area contributed by atoms with E-state index in [2.05, 4.69) is 22.0 Å². The number of carbonyl (C=O) groups excluding carboxylic acids is 1. The lowest BCUT2D eigenvalue weighted by molar-refractivity contribution is 0.112. The minimum absolute atomic E-state index is 0. The molecular weight excluding hydrogens is 212 g/mol. The first-order chi connectivity index (χ1) is 8.19. The van der Waals surface area contributed by atoms with Crippen molar-refractivity contribution in [3.8, 4) is 0 Å². The van der Waals surface area contributed by atoms with Gasteiger partial charge in [-0.05, 0) is 37.9 Å². The van der Waals surface area contributed by atoms with E-state index < -0.39 is 0 Å². The van der Waals surface area contributed by atoms with Crippen molar-refractivity contribution in [1.82, 2.24) is 9.88 Å². The summed E-state index contributed by atoms with van der Waals surface area (Å²) in [6.07, 6.45) is 0.839. The number of benzene rings is 1. The topological polar surface area (TPSA) is 36.1 Å². The molecular formula is C14H22N2O. The van der Waals surface area contributed by atoms with E-state index in [1.807, 2.05) is 40.1 Å². The highest BCUT2D eigenvalue weighted by Gasteiger charge is 2.01. The Morgan fingerprint density at radius 1 is 1.29 bits per heavy atom. The number of aromatic amines is 1. The van der Waals surface area contributed by atoms with Crippen LogP contribution < -0.4 is 0 Å². The van der Waals surface area contributed by atoms with Gasteiger partial charge in [0, 0.05) is 18.9 Å². The maximum atomic E-state index is 10.6. The second-order valence-corrected chi connectivity index (χ2v) is 4.00. The summed E-state index contributed by atoms with van der Waals surface area (Å²) in [5, 5.41) is 1.09. The van der Waals surface area contributed by atoms with Gasteiger partial charge in [0.15, 0.2) is 6.29 Å². The molecule has 1 aromatic heterocycles. The van der Waals surface area contributed by atoms with Crippen LogP contribution in [0.5, 0.6) is 0 Å². The Morgan fingerprint density at radius 2 is 2.00 bits per heavy atom. The van der Waals surface area contributed by atoms with Gasteiger partial charge >= 0.3 is 0 Å². The third-order valence-corrected chi connectivity index (χ3v) is 2.33. The average Bonchev–Trinajstić information content (AvgIpc) is 2.73. The Morgan fingerprint density at radius 3 is 2.59 bits per heavy atom. The number of aldehydes is 1. The van der Waals surface area contributed by atoms with Crippen LogP contribution in [0.25, 0.3) is 10.9 Å². The summed E-state index contributed by atoms with van der Waals surface area (Å²) >= 11 is 0. The van der Waals surface area contributed by atoms with Gasteiger partial charge in [0.1, 0.15) is 0 Å². The maximum Gasteiger partial charge on any atom is 0.166 e. The van der Waals surface area contributed by atoms with Gasteiger partial charge < -0.3 is 9.88 Å². The number of nitrogens with zero attached hydrogens (tertiary/aromatic N) is 1. The molecule has 0 amide bonds. The summed E-state index contributed by atoms with van der Waals surface area (Å²) in [5.41, 5.74) is 2.90. The van der Waals surface area contributed by atoms with Gasteiger partial charge in [0.25, 0.3) is 0 Å². The predicted octanol–water partition coefficient (Wildman–Crippen LogP) is 3.31. The molecule has 3 heteroatoms. The van der Waals surface area contributed by atoms with Crippen LogP contribution >= 0.6 is 0 Å². The van der Waals surface area contributed by atoms with Crippen molar-refractivity contribution in [2.75, 3.05) is 14.1 Å². The summed E-state index contributed by atoms with van der Waals surface area (Å²) in [4.78, 5) is 15.8. The summed E-state index contributed by atoms with van der Waals surface area (Å²) < 4.78 is 0. The zero-order valence-electron chi connectivity index (χ0n) is 10.9. The summed E-state index contributed by atoms with van der Waals surface area (Å²) in [7, 11) is 4.08. The van der Waals surface area contributed by atoms with E-state index in [9.17, 15) is 4.79 Å². The smallest absolute Gasteiger partial charge is 0.166 e. The molecule has 17 heavy (non-hydrogen) atoms. The van der Waals surface area contributed by atoms with E-state index >= 15 is 0 Å². The average molecular weight is 234 g/mol. The molecule has 0 spiro atoms. The first kappa shape index (κ1) is 13.5. The Kier molecular flexibility index (Phi) is 4.91. The lowest BCUT2D eigenvalue weighted by Gasteiger charge is -2.09. The molecule has 0 fully saturated rings. The SMILES string of the molecule is CC.CN(C)Cc1ccc2[nH]c(C=O)cc2c1.[HH]. The molecule has 0 bridgehead atoms. The van der Waals surface area contributed by atoms with Crippen molar-refractivity contribution in [2.45, 2.75) is 20.4 Å². The van der Waals surface area contributed by atoms with Crippen LogP contribution in [-0.4, -0.2) is 30.3 Å². The van der Waals surface area contributed by atoms with E-state index in [1.54, 1.807) is 0 Å². The molecule has 0 radical (unpaired) electrons. The Labute approximate surface area is 104 Å². The number of carbonyl (C=O) groups is 1. The van der Waals surface area contributed by atoms with Crippen molar-refractivity contribution >= 4 is 17.2 Å². The molecule has 0 aliphatic rings. The van der Waals surface area contributed by atoms with Gasteiger partial charge in [-0.2, -0.15) is 0 Å². The van der Waals surface area contributed by atoms with E-state index in [0.717, 1.165) is 23.7 Å². The Balaban J connectivity index is 0.000000917. The van der Waals surface area contributed by atoms with Crippen LogP contribution in [0.2, 0.25) is 0 Å². The van der Waals surface area contributed by atoms with Gasteiger partial charge in [-0.25, -0.2) is 0 Å². The van der Waals surface area contributed by atoms with E-state index in [1.165, 1.54) is 5.56 Å². The number of nitrogens with one attached hydrogen (secondary N) is 1. The Hall–Kier alpha value is -1.61. The third-order valence-electron chi connectivity index (χ3n) is 2.33. The predicted molar refractivity (Wildman–Crippen MR) is 74.5 cm³/mol. The number of fused-ring (bicyclic) bond motifs is 1. The normalized spacial score (nSPS) is 10.2. The summed E-state index contributed by atoms with van der Waals surface area (Å²) in [5.74, 6) is 0. The van der Waals surface area contributed by atoms with Crippen LogP contribution in [0.15, 0.2) is 24.3 Å². The fraction of sp³-hybridized carbons (Fsp3) is 0.357. The van der Waals surface area contributed by atoms with Crippen molar-refractivity contribution in [1.29, 1.82) is 0 Å². The van der Waals surface area contributed by atoms with Crippen LogP contribution in [0.4, 0.5) is 0 Å². The van der Waals surface area contributed by atoms with Gasteiger partial charge in [-0.15, -0.1) is 0 Å². The van der Waals surface area contributed by atoms with Crippen LogP contribution in [0.1, 0.15) is 31.3 Å². The van der Waals surface area contributed by atoms with Crippen molar-refractivity contribution in [3.63, 3.8) is 0 Å². The molecule has 1 N–H and O–H groups in total. The molecule has 1 heterocycles. The molecule has 0 saturated carbocycles. The number of hydrogen-bond acceptors (Lipinski definition) is 2.